The molecule has 19 heavy (non-hydrogen) atoms. The zero-order valence-corrected chi connectivity index (χ0v) is 10.3. The molecule has 0 saturated carbocycles. The van der Waals surface area contributed by atoms with Crippen LogP contribution in [0, 0.1) is 0 Å². The highest BCUT2D eigenvalue weighted by Gasteiger charge is 2.10. The van der Waals surface area contributed by atoms with Gasteiger partial charge in [0.2, 0.25) is 11.7 Å². The molecule has 3 rings (SSSR count). The van der Waals surface area contributed by atoms with E-state index in [2.05, 4.69) is 15.1 Å². The van der Waals surface area contributed by atoms with Crippen LogP contribution in [0.5, 0.6) is 5.88 Å². The number of aromatic nitrogens is 3. The van der Waals surface area contributed by atoms with Gasteiger partial charge in [-0.3, -0.25) is 0 Å². The molecule has 94 valence electrons. The number of rotatable bonds is 3. The highest BCUT2D eigenvalue weighted by molar-refractivity contribution is 5.59. The van der Waals surface area contributed by atoms with Crippen LogP contribution in [-0.4, -0.2) is 22.2 Å². The number of nitrogens with zero attached hydrogens (tertiary/aromatic N) is 3. The number of hydrogen-bond acceptors (Lipinski definition) is 5. The van der Waals surface area contributed by atoms with Gasteiger partial charge in [-0.2, -0.15) is 4.98 Å². The fourth-order valence-electron chi connectivity index (χ4n) is 1.67. The fourth-order valence-corrected chi connectivity index (χ4v) is 1.67. The molecule has 0 saturated heterocycles. The van der Waals surface area contributed by atoms with E-state index in [-0.39, 0.29) is 0 Å². The molecule has 0 radical (unpaired) electrons. The molecule has 0 aliphatic rings. The predicted octanol–water partition coefficient (Wildman–Crippen LogP) is 2.81. The Morgan fingerprint density at radius 1 is 1.00 bits per heavy atom. The predicted molar refractivity (Wildman–Crippen MR) is 69.5 cm³/mol. The molecule has 2 heterocycles. The Morgan fingerprint density at radius 3 is 2.53 bits per heavy atom. The van der Waals surface area contributed by atoms with Crippen LogP contribution in [0.2, 0.25) is 0 Å². The summed E-state index contributed by atoms with van der Waals surface area (Å²) < 4.78 is 10.2. The zero-order chi connectivity index (χ0) is 13.1. The van der Waals surface area contributed by atoms with Gasteiger partial charge in [0.15, 0.2) is 0 Å². The largest absolute Gasteiger partial charge is 0.481 e. The van der Waals surface area contributed by atoms with Gasteiger partial charge in [0.05, 0.1) is 7.11 Å². The van der Waals surface area contributed by atoms with E-state index >= 15 is 0 Å². The Morgan fingerprint density at radius 2 is 1.84 bits per heavy atom. The lowest BCUT2D eigenvalue weighted by Gasteiger charge is -1.97. The summed E-state index contributed by atoms with van der Waals surface area (Å²) in [6.07, 6.45) is 1.65. The first kappa shape index (κ1) is 11.4. The lowest BCUT2D eigenvalue weighted by atomic mass is 10.2. The molecule has 5 heteroatoms. The second kappa shape index (κ2) is 4.89. The normalized spacial score (nSPS) is 10.4. The van der Waals surface area contributed by atoms with Crippen molar-refractivity contribution in [2.24, 2.45) is 0 Å². The minimum absolute atomic E-state index is 0.492. The summed E-state index contributed by atoms with van der Waals surface area (Å²) in [7, 11) is 1.57. The summed E-state index contributed by atoms with van der Waals surface area (Å²) in [5.74, 6) is 1.55. The number of methoxy groups -OCH3 is 1. The van der Waals surface area contributed by atoms with Gasteiger partial charge >= 0.3 is 0 Å². The number of pyridine rings is 1. The molecule has 0 bridgehead atoms. The summed E-state index contributed by atoms with van der Waals surface area (Å²) >= 11 is 0. The second-order valence-corrected chi connectivity index (χ2v) is 3.88. The Bertz CT molecular complexity index is 663. The molecule has 1 aromatic carbocycles. The van der Waals surface area contributed by atoms with Crippen LogP contribution in [0.1, 0.15) is 0 Å². The van der Waals surface area contributed by atoms with E-state index in [1.165, 1.54) is 0 Å². The van der Waals surface area contributed by atoms with E-state index in [9.17, 15) is 0 Å². The van der Waals surface area contributed by atoms with Crippen LogP contribution in [0.25, 0.3) is 22.8 Å². The third kappa shape index (κ3) is 2.30. The molecular weight excluding hydrogens is 242 g/mol. The van der Waals surface area contributed by atoms with Crippen molar-refractivity contribution in [1.29, 1.82) is 0 Å². The zero-order valence-electron chi connectivity index (χ0n) is 10.3. The summed E-state index contributed by atoms with van der Waals surface area (Å²) in [5, 5.41) is 3.95. The first-order chi connectivity index (χ1) is 9.36. The lowest BCUT2D eigenvalue weighted by Crippen LogP contribution is -1.88. The SMILES string of the molecule is COc1ccc(-c2noc(-c3ccccc3)n2)cn1. The number of ether oxygens (including phenoxy) is 1. The van der Waals surface area contributed by atoms with Gasteiger partial charge in [0.1, 0.15) is 0 Å². The van der Waals surface area contributed by atoms with Crippen molar-refractivity contribution in [2.45, 2.75) is 0 Å². The van der Waals surface area contributed by atoms with Gasteiger partial charge in [-0.25, -0.2) is 4.98 Å². The maximum absolute atomic E-state index is 5.24. The van der Waals surface area contributed by atoms with Crippen molar-refractivity contribution < 1.29 is 9.26 Å². The van der Waals surface area contributed by atoms with Crippen LogP contribution in [0.15, 0.2) is 53.2 Å². The third-order valence-corrected chi connectivity index (χ3v) is 2.65. The smallest absolute Gasteiger partial charge is 0.258 e. The van der Waals surface area contributed by atoms with Crippen LogP contribution >= 0.6 is 0 Å². The topological polar surface area (TPSA) is 61.0 Å². The van der Waals surface area contributed by atoms with E-state index in [0.717, 1.165) is 11.1 Å². The maximum atomic E-state index is 5.24. The Labute approximate surface area is 109 Å². The monoisotopic (exact) mass is 253 g/mol. The van der Waals surface area contributed by atoms with E-state index in [1.807, 2.05) is 36.4 Å². The van der Waals surface area contributed by atoms with Crippen molar-refractivity contribution in [3.63, 3.8) is 0 Å². The molecule has 2 aromatic heterocycles. The van der Waals surface area contributed by atoms with Crippen molar-refractivity contribution in [2.75, 3.05) is 7.11 Å². The Balaban J connectivity index is 1.92. The van der Waals surface area contributed by atoms with Gasteiger partial charge in [-0.15, -0.1) is 0 Å². The minimum Gasteiger partial charge on any atom is -0.481 e. The highest BCUT2D eigenvalue weighted by atomic mass is 16.5. The Hall–Kier alpha value is -2.69. The quantitative estimate of drug-likeness (QED) is 0.718. The van der Waals surface area contributed by atoms with Crippen LogP contribution < -0.4 is 4.74 Å². The molecule has 0 unspecified atom stereocenters. The molecule has 5 nitrogen and oxygen atoms in total. The summed E-state index contributed by atoms with van der Waals surface area (Å²) in [4.78, 5) is 8.46. The van der Waals surface area contributed by atoms with E-state index < -0.39 is 0 Å². The van der Waals surface area contributed by atoms with Crippen molar-refractivity contribution in [3.8, 4) is 28.7 Å². The lowest BCUT2D eigenvalue weighted by molar-refractivity contribution is 0.398. The second-order valence-electron chi connectivity index (χ2n) is 3.88. The standard InChI is InChI=1S/C14H11N3O2/c1-18-12-8-7-11(9-15-12)13-16-14(19-17-13)10-5-3-2-4-6-10/h2-9H,1H3. The Kier molecular flexibility index (Phi) is 2.94. The van der Waals surface area contributed by atoms with Crippen molar-refractivity contribution >= 4 is 0 Å². The molecule has 3 aromatic rings. The summed E-state index contributed by atoms with van der Waals surface area (Å²) in [6, 6.07) is 13.2. The molecule has 0 atom stereocenters. The van der Waals surface area contributed by atoms with Gasteiger partial charge in [-0.05, 0) is 18.2 Å². The van der Waals surface area contributed by atoms with Gasteiger partial charge in [0, 0.05) is 23.4 Å². The van der Waals surface area contributed by atoms with Crippen LogP contribution in [0.3, 0.4) is 0 Å². The van der Waals surface area contributed by atoms with E-state index in [4.69, 9.17) is 9.26 Å². The van der Waals surface area contributed by atoms with Crippen molar-refractivity contribution in [3.05, 3.63) is 48.7 Å². The molecule has 0 fully saturated rings. The first-order valence-corrected chi connectivity index (χ1v) is 5.76. The third-order valence-electron chi connectivity index (χ3n) is 2.65. The molecular formula is C14H11N3O2. The highest BCUT2D eigenvalue weighted by Crippen LogP contribution is 2.22. The number of hydrogen-bond donors (Lipinski definition) is 0. The van der Waals surface area contributed by atoms with Crippen LogP contribution in [-0.2, 0) is 0 Å². The van der Waals surface area contributed by atoms with Crippen molar-refractivity contribution in [1.82, 2.24) is 15.1 Å². The van der Waals surface area contributed by atoms with Gasteiger partial charge in [-0.1, -0.05) is 23.4 Å². The average Bonchev–Trinajstić information content (AvgIpc) is 2.98. The fraction of sp³-hybridized carbons (Fsp3) is 0.0714. The van der Waals surface area contributed by atoms with Gasteiger partial charge < -0.3 is 9.26 Å². The molecule has 0 amide bonds. The summed E-state index contributed by atoms with van der Waals surface area (Å²) in [6.45, 7) is 0. The molecule has 0 aliphatic heterocycles. The maximum Gasteiger partial charge on any atom is 0.258 e. The molecule has 0 N–H and O–H groups in total. The molecule has 0 aliphatic carbocycles. The van der Waals surface area contributed by atoms with E-state index in [0.29, 0.717) is 17.6 Å². The number of benzene rings is 1. The molecule has 0 spiro atoms. The first-order valence-electron chi connectivity index (χ1n) is 5.76. The van der Waals surface area contributed by atoms with Crippen LogP contribution in [0.4, 0.5) is 0 Å². The van der Waals surface area contributed by atoms with Gasteiger partial charge in [0.25, 0.3) is 5.89 Å². The van der Waals surface area contributed by atoms with E-state index in [1.54, 1.807) is 19.4 Å². The minimum atomic E-state index is 0.492. The average molecular weight is 253 g/mol. The summed E-state index contributed by atoms with van der Waals surface area (Å²) in [5.41, 5.74) is 1.68.